The molecule has 0 aliphatic carbocycles. The normalized spacial score (nSPS) is 11.1. The molecule has 0 spiro atoms. The number of rotatable bonds is 5. The van der Waals surface area contributed by atoms with E-state index < -0.39 is 0 Å². The SMILES string of the molecule is C=CCc1coc2c(C)c(CCc3ccc(C)cc3C)ccc12. The maximum absolute atomic E-state index is 5.82. The van der Waals surface area contributed by atoms with E-state index in [9.17, 15) is 0 Å². The summed E-state index contributed by atoms with van der Waals surface area (Å²) >= 11 is 0. The second-order valence-electron chi connectivity index (χ2n) is 6.41. The summed E-state index contributed by atoms with van der Waals surface area (Å²) < 4.78 is 5.82. The summed E-state index contributed by atoms with van der Waals surface area (Å²) in [4.78, 5) is 0. The standard InChI is InChI=1S/C22H24O/c1-5-6-20-14-23-22-17(4)19(11-12-21(20)22)10-9-18-8-7-15(2)13-16(18)3/h5,7-8,11-14H,1,6,9-10H2,2-4H3. The third kappa shape index (κ3) is 3.10. The van der Waals surface area contributed by atoms with Gasteiger partial charge in [-0.05, 0) is 62.3 Å². The van der Waals surface area contributed by atoms with Crippen LogP contribution in [0.5, 0.6) is 0 Å². The van der Waals surface area contributed by atoms with Crippen LogP contribution in [0.1, 0.15) is 33.4 Å². The Morgan fingerprint density at radius 3 is 2.43 bits per heavy atom. The van der Waals surface area contributed by atoms with Gasteiger partial charge in [-0.2, -0.15) is 0 Å². The average molecular weight is 304 g/mol. The maximum atomic E-state index is 5.82. The van der Waals surface area contributed by atoms with Crippen LogP contribution < -0.4 is 0 Å². The monoisotopic (exact) mass is 304 g/mol. The van der Waals surface area contributed by atoms with Crippen LogP contribution in [-0.4, -0.2) is 0 Å². The zero-order chi connectivity index (χ0) is 16.4. The van der Waals surface area contributed by atoms with Crippen molar-refractivity contribution in [3.63, 3.8) is 0 Å². The molecule has 2 aromatic carbocycles. The molecular weight excluding hydrogens is 280 g/mol. The fourth-order valence-electron chi connectivity index (χ4n) is 3.31. The van der Waals surface area contributed by atoms with Crippen molar-refractivity contribution < 1.29 is 4.42 Å². The third-order valence-electron chi connectivity index (χ3n) is 4.71. The van der Waals surface area contributed by atoms with Crippen LogP contribution in [0.25, 0.3) is 11.0 Å². The van der Waals surface area contributed by atoms with Crippen LogP contribution in [0.15, 0.2) is 53.7 Å². The Kier molecular flexibility index (Phi) is 4.38. The van der Waals surface area contributed by atoms with Crippen LogP contribution in [0.3, 0.4) is 0 Å². The Balaban J connectivity index is 1.86. The smallest absolute Gasteiger partial charge is 0.137 e. The number of fused-ring (bicyclic) bond motifs is 1. The van der Waals surface area contributed by atoms with Gasteiger partial charge in [-0.15, -0.1) is 6.58 Å². The number of benzene rings is 2. The minimum atomic E-state index is 0.856. The second kappa shape index (κ2) is 6.45. The summed E-state index contributed by atoms with van der Waals surface area (Å²) in [6.07, 6.45) is 6.76. The first-order valence-electron chi connectivity index (χ1n) is 8.25. The van der Waals surface area contributed by atoms with Crippen molar-refractivity contribution in [1.29, 1.82) is 0 Å². The van der Waals surface area contributed by atoms with Crippen molar-refractivity contribution in [3.05, 3.63) is 82.6 Å². The molecule has 0 N–H and O–H groups in total. The molecule has 1 aromatic heterocycles. The van der Waals surface area contributed by atoms with Crippen molar-refractivity contribution in [3.8, 4) is 0 Å². The molecule has 0 saturated heterocycles. The predicted octanol–water partition coefficient (Wildman–Crippen LogP) is 5.87. The fourth-order valence-corrected chi connectivity index (χ4v) is 3.31. The van der Waals surface area contributed by atoms with Crippen LogP contribution in [0.4, 0.5) is 0 Å². The molecule has 23 heavy (non-hydrogen) atoms. The zero-order valence-electron chi connectivity index (χ0n) is 14.3. The summed E-state index contributed by atoms with van der Waals surface area (Å²) in [5, 5.41) is 1.22. The lowest BCUT2D eigenvalue weighted by molar-refractivity contribution is 0.608. The minimum absolute atomic E-state index is 0.856. The molecule has 1 heterocycles. The van der Waals surface area contributed by atoms with Gasteiger partial charge in [-0.25, -0.2) is 0 Å². The van der Waals surface area contributed by atoms with Gasteiger partial charge < -0.3 is 4.42 Å². The van der Waals surface area contributed by atoms with Gasteiger partial charge in [0, 0.05) is 10.9 Å². The Hall–Kier alpha value is -2.28. The van der Waals surface area contributed by atoms with Gasteiger partial charge in [0.2, 0.25) is 0 Å². The largest absolute Gasteiger partial charge is 0.464 e. The van der Waals surface area contributed by atoms with Crippen LogP contribution in [0, 0.1) is 20.8 Å². The van der Waals surface area contributed by atoms with E-state index in [0.29, 0.717) is 0 Å². The molecule has 1 nitrogen and oxygen atoms in total. The van der Waals surface area contributed by atoms with Crippen LogP contribution in [0.2, 0.25) is 0 Å². The van der Waals surface area contributed by atoms with Gasteiger partial charge in [-0.1, -0.05) is 42.0 Å². The molecule has 1 heteroatoms. The molecule has 0 aliphatic heterocycles. The van der Waals surface area contributed by atoms with Gasteiger partial charge in [-0.3, -0.25) is 0 Å². The fraction of sp³-hybridized carbons (Fsp3) is 0.273. The van der Waals surface area contributed by atoms with Crippen molar-refractivity contribution >= 4 is 11.0 Å². The molecule has 0 atom stereocenters. The average Bonchev–Trinajstić information content (AvgIpc) is 2.92. The highest BCUT2D eigenvalue weighted by Crippen LogP contribution is 2.28. The van der Waals surface area contributed by atoms with E-state index in [0.717, 1.165) is 24.8 Å². The highest BCUT2D eigenvalue weighted by atomic mass is 16.3. The quantitative estimate of drug-likeness (QED) is 0.537. The number of allylic oxidation sites excluding steroid dienone is 1. The highest BCUT2D eigenvalue weighted by Gasteiger charge is 2.11. The van der Waals surface area contributed by atoms with Crippen molar-refractivity contribution in [1.82, 2.24) is 0 Å². The Bertz CT molecular complexity index is 852. The summed E-state index contributed by atoms with van der Waals surface area (Å²) in [5.41, 5.74) is 9.03. The number of aryl methyl sites for hydroxylation is 5. The van der Waals surface area contributed by atoms with E-state index in [1.165, 1.54) is 38.8 Å². The topological polar surface area (TPSA) is 13.1 Å². The lowest BCUT2D eigenvalue weighted by Crippen LogP contribution is -1.97. The van der Waals surface area contributed by atoms with E-state index >= 15 is 0 Å². The Labute approximate surface area is 138 Å². The van der Waals surface area contributed by atoms with E-state index in [-0.39, 0.29) is 0 Å². The van der Waals surface area contributed by atoms with E-state index in [4.69, 9.17) is 4.42 Å². The number of hydrogen-bond acceptors (Lipinski definition) is 1. The third-order valence-corrected chi connectivity index (χ3v) is 4.71. The highest BCUT2D eigenvalue weighted by molar-refractivity contribution is 5.85. The lowest BCUT2D eigenvalue weighted by Gasteiger charge is -2.09. The molecule has 3 aromatic rings. The van der Waals surface area contributed by atoms with Gasteiger partial charge >= 0.3 is 0 Å². The predicted molar refractivity (Wildman–Crippen MR) is 98.2 cm³/mol. The summed E-state index contributed by atoms with van der Waals surface area (Å²) in [5.74, 6) is 0. The molecule has 0 fully saturated rings. The van der Waals surface area contributed by atoms with Crippen LogP contribution >= 0.6 is 0 Å². The minimum Gasteiger partial charge on any atom is -0.464 e. The Morgan fingerprint density at radius 2 is 1.70 bits per heavy atom. The first-order chi connectivity index (χ1) is 11.1. The first-order valence-corrected chi connectivity index (χ1v) is 8.25. The Morgan fingerprint density at radius 1 is 0.957 bits per heavy atom. The van der Waals surface area contributed by atoms with E-state index in [1.807, 2.05) is 12.3 Å². The summed E-state index contributed by atoms with van der Waals surface area (Å²) in [6, 6.07) is 11.2. The lowest BCUT2D eigenvalue weighted by atomic mass is 9.95. The van der Waals surface area contributed by atoms with E-state index in [1.54, 1.807) is 0 Å². The summed E-state index contributed by atoms with van der Waals surface area (Å²) in [6.45, 7) is 10.3. The maximum Gasteiger partial charge on any atom is 0.137 e. The van der Waals surface area contributed by atoms with Gasteiger partial charge in [0.1, 0.15) is 5.58 Å². The zero-order valence-corrected chi connectivity index (χ0v) is 14.3. The molecular formula is C22H24O. The number of furan rings is 1. The molecule has 3 rings (SSSR count). The molecule has 0 bridgehead atoms. The van der Waals surface area contributed by atoms with Crippen molar-refractivity contribution in [2.24, 2.45) is 0 Å². The molecule has 0 saturated carbocycles. The molecule has 0 unspecified atom stereocenters. The first kappa shape index (κ1) is 15.6. The molecule has 118 valence electrons. The van der Waals surface area contributed by atoms with Crippen molar-refractivity contribution in [2.75, 3.05) is 0 Å². The molecule has 0 aliphatic rings. The number of hydrogen-bond donors (Lipinski definition) is 0. The molecule has 0 amide bonds. The van der Waals surface area contributed by atoms with Crippen molar-refractivity contribution in [2.45, 2.75) is 40.0 Å². The second-order valence-corrected chi connectivity index (χ2v) is 6.41. The van der Waals surface area contributed by atoms with Gasteiger partial charge in [0.15, 0.2) is 0 Å². The molecule has 0 radical (unpaired) electrons. The summed E-state index contributed by atoms with van der Waals surface area (Å²) in [7, 11) is 0. The van der Waals surface area contributed by atoms with Gasteiger partial charge in [0.05, 0.1) is 6.26 Å². The van der Waals surface area contributed by atoms with E-state index in [2.05, 4.69) is 57.7 Å². The van der Waals surface area contributed by atoms with Crippen LogP contribution in [-0.2, 0) is 19.3 Å². The van der Waals surface area contributed by atoms with Gasteiger partial charge in [0.25, 0.3) is 0 Å².